The summed E-state index contributed by atoms with van der Waals surface area (Å²) in [6.45, 7) is 28.5. The molecule has 0 unspecified atom stereocenters. The predicted octanol–water partition coefficient (Wildman–Crippen LogP) is 5.33. The molecule has 1 aromatic carbocycles. The fourth-order valence-corrected chi connectivity index (χ4v) is 4.58. The van der Waals surface area contributed by atoms with Crippen molar-refractivity contribution < 1.29 is 23.2 Å². The number of benzene rings is 1. The molecule has 1 aliphatic heterocycles. The molecular weight excluding hydrogens is 497 g/mol. The number of hydrogen-bond donors (Lipinski definition) is 0. The summed E-state index contributed by atoms with van der Waals surface area (Å²) in [6, 6.07) is 3.95. The largest absolute Gasteiger partial charge is 0.495 e. The number of fused-ring (bicyclic) bond motifs is 1. The summed E-state index contributed by atoms with van der Waals surface area (Å²) in [5, 5.41) is 5.56. The zero-order valence-corrected chi connectivity index (χ0v) is 25.8. The molecule has 10 heteroatoms. The Hall–Kier alpha value is -2.24. The SMILES string of the molecule is C=C/C(=N\C(=C)CO[Si](C)(C)C(C)(C)C)n1ncc2c(OCCOC)cc(B3OC(C)(C)C(C)(C)O3)cc21. The summed E-state index contributed by atoms with van der Waals surface area (Å²) in [5.74, 6) is 1.21. The second kappa shape index (κ2) is 11.1. The Kier molecular flexibility index (Phi) is 8.85. The molecule has 1 aromatic heterocycles. The minimum Gasteiger partial charge on any atom is -0.490 e. The van der Waals surface area contributed by atoms with Crippen molar-refractivity contribution in [3.63, 3.8) is 0 Å². The quantitative estimate of drug-likeness (QED) is 0.175. The molecular formula is C28H44BN3O5Si. The number of methoxy groups -OCH3 is 1. The molecule has 0 aliphatic carbocycles. The van der Waals surface area contributed by atoms with E-state index in [4.69, 9.17) is 28.2 Å². The van der Waals surface area contributed by atoms with E-state index < -0.39 is 26.6 Å². The van der Waals surface area contributed by atoms with Gasteiger partial charge in [0.05, 0.1) is 47.2 Å². The smallest absolute Gasteiger partial charge is 0.490 e. The van der Waals surface area contributed by atoms with Crippen LogP contribution in [0.4, 0.5) is 0 Å². The van der Waals surface area contributed by atoms with Crippen molar-refractivity contribution in [3.8, 4) is 5.75 Å². The normalized spacial score (nSPS) is 17.7. The highest BCUT2D eigenvalue weighted by Gasteiger charge is 2.52. The van der Waals surface area contributed by atoms with Crippen molar-refractivity contribution in [1.29, 1.82) is 0 Å². The summed E-state index contributed by atoms with van der Waals surface area (Å²) in [6.07, 6.45) is 3.43. The fourth-order valence-electron chi connectivity index (χ4n) is 3.62. The van der Waals surface area contributed by atoms with Gasteiger partial charge >= 0.3 is 7.12 Å². The molecule has 1 aliphatic rings. The number of ether oxygens (including phenoxy) is 2. The summed E-state index contributed by atoms with van der Waals surface area (Å²) >= 11 is 0. The van der Waals surface area contributed by atoms with Crippen molar-refractivity contribution in [2.45, 2.75) is 77.8 Å². The minimum absolute atomic E-state index is 0.0968. The lowest BCUT2D eigenvalue weighted by molar-refractivity contribution is 0.00578. The highest BCUT2D eigenvalue weighted by Crippen LogP contribution is 2.38. The van der Waals surface area contributed by atoms with Crippen LogP contribution in [0.15, 0.2) is 48.3 Å². The second-order valence-electron chi connectivity index (χ2n) is 12.2. The number of rotatable bonds is 10. The van der Waals surface area contributed by atoms with Crippen LogP contribution in [-0.2, 0) is 18.5 Å². The van der Waals surface area contributed by atoms with E-state index in [1.165, 1.54) is 0 Å². The number of hydrogen-bond acceptors (Lipinski definition) is 7. The monoisotopic (exact) mass is 541 g/mol. The average molecular weight is 542 g/mol. The van der Waals surface area contributed by atoms with Crippen LogP contribution in [0.25, 0.3) is 10.9 Å². The zero-order chi connectivity index (χ0) is 28.5. The maximum Gasteiger partial charge on any atom is 0.495 e. The maximum atomic E-state index is 6.33. The number of allylic oxidation sites excluding steroid dienone is 1. The molecule has 1 fully saturated rings. The molecule has 0 bridgehead atoms. The Balaban J connectivity index is 2.00. The molecule has 2 aromatic rings. The van der Waals surface area contributed by atoms with Crippen LogP contribution in [0.3, 0.4) is 0 Å². The number of aromatic nitrogens is 2. The van der Waals surface area contributed by atoms with Crippen molar-refractivity contribution in [2.75, 3.05) is 26.9 Å². The van der Waals surface area contributed by atoms with Crippen LogP contribution in [0.1, 0.15) is 48.5 Å². The molecule has 3 rings (SSSR count). The van der Waals surface area contributed by atoms with Crippen LogP contribution in [0, 0.1) is 0 Å². The van der Waals surface area contributed by atoms with Crippen LogP contribution in [0.5, 0.6) is 5.75 Å². The first-order chi connectivity index (χ1) is 17.5. The molecule has 0 N–H and O–H groups in total. The second-order valence-corrected chi connectivity index (χ2v) is 17.0. The van der Waals surface area contributed by atoms with Gasteiger partial charge in [0.1, 0.15) is 12.4 Å². The average Bonchev–Trinajstić information content (AvgIpc) is 3.32. The molecule has 1 saturated heterocycles. The summed E-state index contributed by atoms with van der Waals surface area (Å²) < 4.78 is 32.0. The van der Waals surface area contributed by atoms with Gasteiger partial charge in [-0.1, -0.05) is 33.9 Å². The molecule has 208 valence electrons. The lowest BCUT2D eigenvalue weighted by atomic mass is 9.78. The van der Waals surface area contributed by atoms with Gasteiger partial charge in [-0.15, -0.1) is 0 Å². The van der Waals surface area contributed by atoms with E-state index in [-0.39, 0.29) is 5.04 Å². The van der Waals surface area contributed by atoms with Gasteiger partial charge in [-0.25, -0.2) is 9.67 Å². The van der Waals surface area contributed by atoms with Gasteiger partial charge in [0.25, 0.3) is 0 Å². The van der Waals surface area contributed by atoms with Crippen molar-refractivity contribution >= 4 is 37.6 Å². The first-order valence-electron chi connectivity index (χ1n) is 13.1. The standard InChI is InChI=1S/C28H44BN3O5Si/c1-13-25(31-20(2)19-35-38(11,12)26(3,4)5)32-23-16-21(29-36-27(6,7)28(8,9)37-29)17-24(22(23)18-30-32)34-15-14-33-10/h13,16-18H,1-2,14-15,19H2,3-12H3/b31-25+. The third-order valence-corrected chi connectivity index (χ3v) is 12.3. The van der Waals surface area contributed by atoms with Crippen molar-refractivity contribution in [2.24, 2.45) is 4.99 Å². The predicted molar refractivity (Wildman–Crippen MR) is 158 cm³/mol. The third-order valence-electron chi connectivity index (χ3n) is 7.82. The Bertz CT molecular complexity index is 1200. The fraction of sp³-hybridized carbons (Fsp3) is 0.571. The van der Waals surface area contributed by atoms with Gasteiger partial charge in [-0.2, -0.15) is 5.10 Å². The lowest BCUT2D eigenvalue weighted by Gasteiger charge is -2.36. The number of nitrogens with zero attached hydrogens (tertiary/aromatic N) is 3. The van der Waals surface area contributed by atoms with Gasteiger partial charge in [0.2, 0.25) is 0 Å². The van der Waals surface area contributed by atoms with Crippen molar-refractivity contribution in [1.82, 2.24) is 9.78 Å². The van der Waals surface area contributed by atoms with Gasteiger partial charge < -0.3 is 23.2 Å². The summed E-state index contributed by atoms with van der Waals surface area (Å²) in [4.78, 5) is 4.73. The van der Waals surface area contributed by atoms with Crippen LogP contribution in [-0.4, -0.2) is 69.2 Å². The molecule has 0 saturated carbocycles. The van der Waals surface area contributed by atoms with E-state index in [0.29, 0.717) is 37.1 Å². The Morgan fingerprint density at radius 3 is 2.34 bits per heavy atom. The highest BCUT2D eigenvalue weighted by molar-refractivity contribution is 6.74. The van der Waals surface area contributed by atoms with E-state index in [2.05, 4.69) is 52.1 Å². The molecule has 8 nitrogen and oxygen atoms in total. The third kappa shape index (κ3) is 6.31. The first-order valence-corrected chi connectivity index (χ1v) is 16.0. The topological polar surface area (TPSA) is 76.3 Å². The first kappa shape index (κ1) is 30.3. The molecule has 38 heavy (non-hydrogen) atoms. The number of aliphatic imine (C=N–C) groups is 1. The van der Waals surface area contributed by atoms with Crippen LogP contribution < -0.4 is 10.2 Å². The Labute approximate surface area is 229 Å². The molecule has 0 atom stereocenters. The van der Waals surface area contributed by atoms with Crippen LogP contribution >= 0.6 is 0 Å². The molecule has 0 spiro atoms. The van der Waals surface area contributed by atoms with Gasteiger partial charge in [0.15, 0.2) is 14.2 Å². The Morgan fingerprint density at radius 2 is 1.79 bits per heavy atom. The van der Waals surface area contributed by atoms with Crippen molar-refractivity contribution in [3.05, 3.63) is 43.3 Å². The maximum absolute atomic E-state index is 6.33. The van der Waals surface area contributed by atoms with E-state index in [1.54, 1.807) is 24.1 Å². The lowest BCUT2D eigenvalue weighted by Crippen LogP contribution is -2.41. The molecule has 0 radical (unpaired) electrons. The summed E-state index contributed by atoms with van der Waals surface area (Å²) in [7, 11) is -0.857. The van der Waals surface area contributed by atoms with Gasteiger partial charge in [-0.05, 0) is 69.5 Å². The van der Waals surface area contributed by atoms with Gasteiger partial charge in [0, 0.05) is 7.11 Å². The highest BCUT2D eigenvalue weighted by atomic mass is 28.4. The van der Waals surface area contributed by atoms with E-state index in [0.717, 1.165) is 16.4 Å². The van der Waals surface area contributed by atoms with E-state index in [9.17, 15) is 0 Å². The Morgan fingerprint density at radius 1 is 1.16 bits per heavy atom. The minimum atomic E-state index is -1.94. The van der Waals surface area contributed by atoms with E-state index >= 15 is 0 Å². The summed E-state index contributed by atoms with van der Waals surface area (Å²) in [5.41, 5.74) is 1.28. The van der Waals surface area contributed by atoms with Crippen LogP contribution in [0.2, 0.25) is 18.1 Å². The zero-order valence-electron chi connectivity index (χ0n) is 24.8. The van der Waals surface area contributed by atoms with E-state index in [1.807, 2.05) is 39.8 Å². The molecule has 0 amide bonds. The molecule has 2 heterocycles. The van der Waals surface area contributed by atoms with Gasteiger partial charge in [-0.3, -0.25) is 0 Å².